The van der Waals surface area contributed by atoms with Gasteiger partial charge >= 0.3 is 5.97 Å². The number of unbranched alkanes of at least 4 members (excludes halogenated alkanes) is 3. The maximum atomic E-state index is 12.3. The summed E-state index contributed by atoms with van der Waals surface area (Å²) in [4.78, 5) is 22.8. The van der Waals surface area contributed by atoms with E-state index in [-0.39, 0.29) is 30.1 Å². The second kappa shape index (κ2) is 9.66. The van der Waals surface area contributed by atoms with Crippen LogP contribution in [0.2, 0.25) is 0 Å². The summed E-state index contributed by atoms with van der Waals surface area (Å²) in [6.07, 6.45) is 4.80. The first kappa shape index (κ1) is 21.0. The molecule has 0 aromatic heterocycles. The van der Waals surface area contributed by atoms with E-state index in [1.54, 1.807) is 0 Å². The van der Waals surface area contributed by atoms with Crippen molar-refractivity contribution in [2.75, 3.05) is 0 Å². The van der Waals surface area contributed by atoms with E-state index in [1.807, 2.05) is 30.3 Å². The molecule has 2 aliphatic carbocycles. The lowest BCUT2D eigenvalue weighted by atomic mass is 9.89. The zero-order chi connectivity index (χ0) is 20.1. The number of aliphatic carboxylic acids is 1. The molecule has 2 saturated carbocycles. The first-order valence-corrected chi connectivity index (χ1v) is 10.6. The number of hydrogen-bond donors (Lipinski definition) is 3. The van der Waals surface area contributed by atoms with E-state index in [0.717, 1.165) is 37.7 Å². The predicted molar refractivity (Wildman–Crippen MR) is 106 cm³/mol. The largest absolute Gasteiger partial charge is 0.481 e. The van der Waals surface area contributed by atoms with Crippen LogP contribution < -0.4 is 0 Å². The second-order valence-electron chi connectivity index (χ2n) is 8.52. The molecule has 0 aliphatic heterocycles. The van der Waals surface area contributed by atoms with Gasteiger partial charge in [0, 0.05) is 18.8 Å². The summed E-state index contributed by atoms with van der Waals surface area (Å²) in [5, 5.41) is 29.7. The fourth-order valence-corrected chi connectivity index (χ4v) is 5.08. The van der Waals surface area contributed by atoms with Gasteiger partial charge in [0.1, 0.15) is 5.78 Å². The highest BCUT2D eigenvalue weighted by Gasteiger charge is 2.64. The number of benzene rings is 1. The van der Waals surface area contributed by atoms with Gasteiger partial charge in [0.25, 0.3) is 0 Å². The smallest absolute Gasteiger partial charge is 0.303 e. The van der Waals surface area contributed by atoms with Crippen molar-refractivity contribution in [3.8, 4) is 0 Å². The molecule has 6 atom stereocenters. The zero-order valence-corrected chi connectivity index (χ0v) is 16.4. The fraction of sp³-hybridized carbons (Fsp3) is 0.652. The molecule has 0 heterocycles. The van der Waals surface area contributed by atoms with Crippen LogP contribution in [-0.4, -0.2) is 39.3 Å². The topological polar surface area (TPSA) is 94.8 Å². The Bertz CT molecular complexity index is 658. The number of Topliss-reactive ketones (excluding diaryl/α,β-unsaturated/α-hetero) is 1. The lowest BCUT2D eigenvalue weighted by Crippen LogP contribution is -2.32. The van der Waals surface area contributed by atoms with Crippen LogP contribution in [0.4, 0.5) is 0 Å². The summed E-state index contributed by atoms with van der Waals surface area (Å²) >= 11 is 0. The number of ketones is 1. The van der Waals surface area contributed by atoms with Gasteiger partial charge in [-0.2, -0.15) is 0 Å². The highest BCUT2D eigenvalue weighted by atomic mass is 16.4. The molecule has 154 valence electrons. The van der Waals surface area contributed by atoms with E-state index in [2.05, 4.69) is 0 Å². The molecule has 5 unspecified atom stereocenters. The summed E-state index contributed by atoms with van der Waals surface area (Å²) < 4.78 is 0. The molecule has 2 aliphatic rings. The molecule has 0 radical (unpaired) electrons. The Morgan fingerprint density at radius 2 is 1.79 bits per heavy atom. The molecule has 5 nitrogen and oxygen atoms in total. The van der Waals surface area contributed by atoms with Gasteiger partial charge < -0.3 is 15.3 Å². The minimum absolute atomic E-state index is 0.0189. The van der Waals surface area contributed by atoms with Crippen molar-refractivity contribution in [2.24, 2.45) is 23.7 Å². The molecule has 3 N–H and O–H groups in total. The average molecular weight is 389 g/mol. The van der Waals surface area contributed by atoms with Crippen LogP contribution in [0.3, 0.4) is 0 Å². The number of carbonyl (C=O) groups is 2. The summed E-state index contributed by atoms with van der Waals surface area (Å²) in [6, 6.07) is 9.96. The van der Waals surface area contributed by atoms with E-state index in [1.165, 1.54) is 0 Å². The van der Waals surface area contributed by atoms with Crippen molar-refractivity contribution in [1.82, 2.24) is 0 Å². The summed E-state index contributed by atoms with van der Waals surface area (Å²) in [5.41, 5.74) is 1.15. The van der Waals surface area contributed by atoms with Gasteiger partial charge in [-0.3, -0.25) is 9.59 Å². The Morgan fingerprint density at radius 3 is 2.50 bits per heavy atom. The first-order valence-electron chi connectivity index (χ1n) is 10.6. The first-order chi connectivity index (χ1) is 13.5. The van der Waals surface area contributed by atoms with Gasteiger partial charge in [0.15, 0.2) is 0 Å². The predicted octanol–water partition coefficient (Wildman–Crippen LogP) is 3.22. The number of aliphatic hydroxyl groups excluding tert-OH is 2. The number of fused-ring (bicyclic) bond motifs is 1. The van der Waals surface area contributed by atoms with Crippen molar-refractivity contribution < 1.29 is 24.9 Å². The van der Waals surface area contributed by atoms with Crippen LogP contribution in [0.1, 0.15) is 56.9 Å². The highest BCUT2D eigenvalue weighted by molar-refractivity contribution is 5.85. The Balaban J connectivity index is 1.40. The third-order valence-corrected chi connectivity index (χ3v) is 6.62. The molecule has 0 bridgehead atoms. The average Bonchev–Trinajstić information content (AvgIpc) is 3.28. The van der Waals surface area contributed by atoms with Gasteiger partial charge in [-0.25, -0.2) is 0 Å². The summed E-state index contributed by atoms with van der Waals surface area (Å²) in [6.45, 7) is 0. The van der Waals surface area contributed by atoms with Gasteiger partial charge in [0.2, 0.25) is 0 Å². The Labute approximate surface area is 166 Å². The molecule has 0 spiro atoms. The number of hydrogen-bond acceptors (Lipinski definition) is 4. The van der Waals surface area contributed by atoms with Crippen LogP contribution in [0.25, 0.3) is 0 Å². The Kier molecular flexibility index (Phi) is 7.24. The fourth-order valence-electron chi connectivity index (χ4n) is 5.08. The van der Waals surface area contributed by atoms with E-state index >= 15 is 0 Å². The van der Waals surface area contributed by atoms with Crippen LogP contribution >= 0.6 is 0 Å². The molecular formula is C23H32O5. The third-order valence-electron chi connectivity index (χ3n) is 6.62. The maximum Gasteiger partial charge on any atom is 0.303 e. The summed E-state index contributed by atoms with van der Waals surface area (Å²) in [5.74, 6) is 0.0990. The maximum absolute atomic E-state index is 12.3. The van der Waals surface area contributed by atoms with Gasteiger partial charge in [-0.15, -0.1) is 0 Å². The normalized spacial score (nSPS) is 28.0. The molecule has 3 rings (SSSR count). The van der Waals surface area contributed by atoms with Gasteiger partial charge in [-0.1, -0.05) is 49.6 Å². The Hall–Kier alpha value is -1.72. The van der Waals surface area contributed by atoms with Crippen molar-refractivity contribution in [1.29, 1.82) is 0 Å². The van der Waals surface area contributed by atoms with Gasteiger partial charge in [-0.05, 0) is 49.0 Å². The standard InChI is InChI=1S/C23H32O5/c24-18(13-12-15-8-4-3-5-9-15)23(28)22-17-14-19(25)16(21(17)22)10-6-1-2-7-11-20(26)27/h3-5,8-9,16-18,21-24,28H,1-2,6-7,10-14H2,(H,26,27)/t16-,17?,18?,21?,22?,23?/m1/s1. The number of aliphatic hydroxyl groups is 2. The highest BCUT2D eigenvalue weighted by Crippen LogP contribution is 2.62. The number of carboxylic acid groups (broad SMARTS) is 1. The minimum atomic E-state index is -0.755. The van der Waals surface area contributed by atoms with Crippen LogP contribution in [0.15, 0.2) is 30.3 Å². The number of carboxylic acids is 1. The number of aryl methyl sites for hydroxylation is 1. The second-order valence-corrected chi connectivity index (χ2v) is 8.52. The molecule has 28 heavy (non-hydrogen) atoms. The van der Waals surface area contributed by atoms with Crippen LogP contribution in [0.5, 0.6) is 0 Å². The van der Waals surface area contributed by atoms with Crippen LogP contribution in [0, 0.1) is 23.7 Å². The quantitative estimate of drug-likeness (QED) is 0.478. The van der Waals surface area contributed by atoms with Gasteiger partial charge in [0.05, 0.1) is 12.2 Å². The molecule has 5 heteroatoms. The van der Waals surface area contributed by atoms with Crippen LogP contribution in [-0.2, 0) is 16.0 Å². The lowest BCUT2D eigenvalue weighted by Gasteiger charge is -2.21. The molecule has 1 aromatic rings. The molecule has 0 saturated heterocycles. The van der Waals surface area contributed by atoms with Crippen molar-refractivity contribution >= 4 is 11.8 Å². The van der Waals surface area contributed by atoms with E-state index in [4.69, 9.17) is 5.11 Å². The van der Waals surface area contributed by atoms with Crippen molar-refractivity contribution in [3.63, 3.8) is 0 Å². The van der Waals surface area contributed by atoms with E-state index < -0.39 is 18.2 Å². The monoisotopic (exact) mass is 388 g/mol. The van der Waals surface area contributed by atoms with Crippen molar-refractivity contribution in [2.45, 2.75) is 70.0 Å². The molecule has 1 aromatic carbocycles. The molecule has 2 fully saturated rings. The molecule has 0 amide bonds. The minimum Gasteiger partial charge on any atom is -0.481 e. The van der Waals surface area contributed by atoms with Crippen molar-refractivity contribution in [3.05, 3.63) is 35.9 Å². The zero-order valence-electron chi connectivity index (χ0n) is 16.4. The van der Waals surface area contributed by atoms with E-state index in [0.29, 0.717) is 25.0 Å². The molecular weight excluding hydrogens is 356 g/mol. The third kappa shape index (κ3) is 5.21. The lowest BCUT2D eigenvalue weighted by molar-refractivity contribution is -0.137. The SMILES string of the molecule is O=C(O)CCCCCC[C@@H]1C(=O)CC2C(C(O)C(O)CCc3ccccc3)C21. The Morgan fingerprint density at radius 1 is 1.07 bits per heavy atom. The van der Waals surface area contributed by atoms with E-state index in [9.17, 15) is 19.8 Å². The summed E-state index contributed by atoms with van der Waals surface area (Å²) in [7, 11) is 0. The number of rotatable bonds is 12. The number of carbonyl (C=O) groups excluding carboxylic acids is 1.